The van der Waals surface area contributed by atoms with E-state index in [-0.39, 0.29) is 37.5 Å². The van der Waals surface area contributed by atoms with Crippen molar-refractivity contribution in [3.63, 3.8) is 0 Å². The molecule has 9 nitrogen and oxygen atoms in total. The molecule has 0 radical (unpaired) electrons. The Bertz CT molecular complexity index is 1150. The van der Waals surface area contributed by atoms with Gasteiger partial charge in [0.1, 0.15) is 23.8 Å². The highest BCUT2D eigenvalue weighted by Gasteiger charge is 2.49. The lowest BCUT2D eigenvalue weighted by Gasteiger charge is -2.54. The first-order valence-electron chi connectivity index (χ1n) is 11.7. The molecule has 4 amide bonds. The fraction of sp³-hybridized carbons (Fsp3) is 0.360. The number of hydrogen-bond donors (Lipinski definition) is 1. The molecule has 0 spiro atoms. The lowest BCUT2D eigenvalue weighted by molar-refractivity contribution is -0.200. The molecule has 2 aromatic rings. The van der Waals surface area contributed by atoms with Gasteiger partial charge in [0.25, 0.3) is 0 Å². The molecule has 2 aromatic carbocycles. The summed E-state index contributed by atoms with van der Waals surface area (Å²) in [6, 6.07) is 9.06. The zero-order chi connectivity index (χ0) is 25.8. The molecule has 11 heteroatoms. The van der Waals surface area contributed by atoms with E-state index in [1.807, 2.05) is 6.92 Å². The summed E-state index contributed by atoms with van der Waals surface area (Å²) in [5, 5.41) is 5.62. The first-order valence-corrected chi connectivity index (χ1v) is 11.7. The second kappa shape index (κ2) is 10.8. The maximum atomic E-state index is 14.4. The monoisotopic (exact) mass is 499 g/mol. The third-order valence-electron chi connectivity index (χ3n) is 6.45. The minimum absolute atomic E-state index is 0.0148. The largest absolute Gasteiger partial charge is 0.332 e. The quantitative estimate of drug-likeness (QED) is 0.531. The molecule has 2 heterocycles. The molecule has 2 aliphatic rings. The van der Waals surface area contributed by atoms with Crippen LogP contribution >= 0.6 is 0 Å². The van der Waals surface area contributed by atoms with Gasteiger partial charge in [0.05, 0.1) is 13.1 Å². The zero-order valence-corrected chi connectivity index (χ0v) is 19.8. The SMILES string of the molecule is CCCN1CC(=O)N2C(CN(Cc3ccc(F)cc3F)C(=O)[C@@H]2Cc2ccc(NC=O)cc2)N1C=O. The molecule has 2 aliphatic heterocycles. The Balaban J connectivity index is 1.68. The number of fused-ring (bicyclic) bond motifs is 1. The highest BCUT2D eigenvalue weighted by atomic mass is 19.1. The summed E-state index contributed by atoms with van der Waals surface area (Å²) in [4.78, 5) is 52.5. The highest BCUT2D eigenvalue weighted by Crippen LogP contribution is 2.29. The number of rotatable bonds is 9. The predicted molar refractivity (Wildman–Crippen MR) is 126 cm³/mol. The van der Waals surface area contributed by atoms with Crippen LogP contribution in [0.3, 0.4) is 0 Å². The van der Waals surface area contributed by atoms with Crippen LogP contribution in [0.5, 0.6) is 0 Å². The van der Waals surface area contributed by atoms with Crippen LogP contribution in [-0.2, 0) is 32.1 Å². The van der Waals surface area contributed by atoms with Gasteiger partial charge in [0, 0.05) is 36.8 Å². The number of carbonyl (C=O) groups excluding carboxylic acids is 4. The first kappa shape index (κ1) is 25.2. The first-order chi connectivity index (χ1) is 17.4. The number of amides is 4. The third kappa shape index (κ3) is 5.06. The van der Waals surface area contributed by atoms with Crippen molar-refractivity contribution in [2.45, 2.75) is 38.5 Å². The highest BCUT2D eigenvalue weighted by molar-refractivity contribution is 5.91. The van der Waals surface area contributed by atoms with Crippen molar-refractivity contribution in [2.24, 2.45) is 0 Å². The van der Waals surface area contributed by atoms with E-state index in [0.29, 0.717) is 31.5 Å². The predicted octanol–water partition coefficient (Wildman–Crippen LogP) is 1.74. The second-order valence-corrected chi connectivity index (χ2v) is 8.79. The van der Waals surface area contributed by atoms with E-state index in [4.69, 9.17) is 0 Å². The van der Waals surface area contributed by atoms with Gasteiger partial charge in [-0.1, -0.05) is 25.1 Å². The number of carbonyl (C=O) groups is 4. The van der Waals surface area contributed by atoms with E-state index in [9.17, 15) is 28.0 Å². The van der Waals surface area contributed by atoms with Gasteiger partial charge in [-0.2, -0.15) is 0 Å². The Morgan fingerprint density at radius 2 is 1.83 bits per heavy atom. The molecule has 2 fully saturated rings. The molecular weight excluding hydrogens is 472 g/mol. The van der Waals surface area contributed by atoms with Crippen molar-refractivity contribution in [1.29, 1.82) is 0 Å². The number of benzene rings is 2. The molecule has 0 aliphatic carbocycles. The van der Waals surface area contributed by atoms with E-state index in [1.165, 1.54) is 20.9 Å². The standard InChI is InChI=1S/C25H27F2N5O4/c1-2-9-30-14-24(35)32-22(10-17-3-7-20(8-4-17)28-15-33)25(36)29(13-23(32)31(30)16-34)12-18-5-6-19(26)11-21(18)27/h3-8,11,15-16,22-23H,2,9-10,12-14H2,1H3,(H,28,33)/t22-,23?/m0/s1. The molecule has 0 bridgehead atoms. The van der Waals surface area contributed by atoms with Crippen LogP contribution in [0.25, 0.3) is 0 Å². The molecule has 36 heavy (non-hydrogen) atoms. The van der Waals surface area contributed by atoms with Gasteiger partial charge >= 0.3 is 0 Å². The summed E-state index contributed by atoms with van der Waals surface area (Å²) in [6.45, 7) is 2.22. The minimum Gasteiger partial charge on any atom is -0.332 e. The minimum atomic E-state index is -0.934. The smallest absolute Gasteiger partial charge is 0.246 e. The number of halogens is 2. The van der Waals surface area contributed by atoms with E-state index in [0.717, 1.165) is 17.7 Å². The summed E-state index contributed by atoms with van der Waals surface area (Å²) >= 11 is 0. The maximum Gasteiger partial charge on any atom is 0.246 e. The van der Waals surface area contributed by atoms with Crippen molar-refractivity contribution >= 4 is 30.3 Å². The summed E-state index contributed by atoms with van der Waals surface area (Å²) in [6.07, 6.45) is 1.30. The Morgan fingerprint density at radius 1 is 1.08 bits per heavy atom. The normalized spacial score (nSPS) is 20.4. The molecule has 4 rings (SSSR count). The van der Waals surface area contributed by atoms with E-state index in [1.54, 1.807) is 29.3 Å². The fourth-order valence-electron chi connectivity index (χ4n) is 4.77. The topological polar surface area (TPSA) is 93.3 Å². The molecule has 0 saturated carbocycles. The van der Waals surface area contributed by atoms with E-state index >= 15 is 0 Å². The molecule has 190 valence electrons. The van der Waals surface area contributed by atoms with Crippen LogP contribution in [-0.4, -0.2) is 76.3 Å². The van der Waals surface area contributed by atoms with Crippen LogP contribution in [0.4, 0.5) is 14.5 Å². The zero-order valence-electron chi connectivity index (χ0n) is 19.8. The summed E-state index contributed by atoms with van der Waals surface area (Å²) in [5.74, 6) is -2.18. The Kier molecular flexibility index (Phi) is 7.58. The Labute approximate surface area is 207 Å². The summed E-state index contributed by atoms with van der Waals surface area (Å²) < 4.78 is 27.9. The molecule has 2 atom stereocenters. The third-order valence-corrected chi connectivity index (χ3v) is 6.45. The average Bonchev–Trinajstić information content (AvgIpc) is 2.85. The lowest BCUT2D eigenvalue weighted by atomic mass is 9.98. The van der Waals surface area contributed by atoms with Crippen molar-refractivity contribution in [2.75, 3.05) is 25.0 Å². The van der Waals surface area contributed by atoms with Gasteiger partial charge in [0.15, 0.2) is 0 Å². The van der Waals surface area contributed by atoms with Crippen molar-refractivity contribution in [3.8, 4) is 0 Å². The van der Waals surface area contributed by atoms with Gasteiger partial charge in [-0.05, 0) is 30.2 Å². The van der Waals surface area contributed by atoms with Crippen molar-refractivity contribution < 1.29 is 28.0 Å². The van der Waals surface area contributed by atoms with Crippen molar-refractivity contribution in [3.05, 3.63) is 65.2 Å². The summed E-state index contributed by atoms with van der Waals surface area (Å²) in [7, 11) is 0. The van der Waals surface area contributed by atoms with E-state index < -0.39 is 29.7 Å². The second-order valence-electron chi connectivity index (χ2n) is 8.79. The van der Waals surface area contributed by atoms with Crippen LogP contribution in [0.2, 0.25) is 0 Å². The van der Waals surface area contributed by atoms with Crippen LogP contribution in [0, 0.1) is 11.6 Å². The lowest BCUT2D eigenvalue weighted by Crippen LogP contribution is -2.74. The Morgan fingerprint density at radius 3 is 2.47 bits per heavy atom. The van der Waals surface area contributed by atoms with Gasteiger partial charge in [0.2, 0.25) is 24.6 Å². The van der Waals surface area contributed by atoms with Crippen LogP contribution < -0.4 is 5.32 Å². The summed E-state index contributed by atoms with van der Waals surface area (Å²) in [5.41, 5.74) is 1.44. The van der Waals surface area contributed by atoms with Gasteiger partial charge in [-0.25, -0.2) is 13.8 Å². The number of anilines is 1. The molecule has 2 saturated heterocycles. The number of nitrogens with one attached hydrogen (secondary N) is 1. The number of hydrogen-bond acceptors (Lipinski definition) is 5. The molecule has 0 aromatic heterocycles. The van der Waals surface area contributed by atoms with Crippen LogP contribution in [0.15, 0.2) is 42.5 Å². The number of piperazine rings is 1. The average molecular weight is 500 g/mol. The molecule has 1 N–H and O–H groups in total. The van der Waals surface area contributed by atoms with Gasteiger partial charge in [-0.15, -0.1) is 0 Å². The van der Waals surface area contributed by atoms with Gasteiger partial charge in [-0.3, -0.25) is 24.2 Å². The van der Waals surface area contributed by atoms with Crippen LogP contribution in [0.1, 0.15) is 24.5 Å². The van der Waals surface area contributed by atoms with Crippen molar-refractivity contribution in [1.82, 2.24) is 19.8 Å². The maximum absolute atomic E-state index is 14.4. The molecule has 1 unspecified atom stereocenters. The van der Waals surface area contributed by atoms with Gasteiger partial charge < -0.3 is 15.1 Å². The fourth-order valence-corrected chi connectivity index (χ4v) is 4.77. The number of hydrazine groups is 1. The number of nitrogens with zero attached hydrogens (tertiary/aromatic N) is 4. The van der Waals surface area contributed by atoms with E-state index in [2.05, 4.69) is 5.32 Å². The molecular formula is C25H27F2N5O4. The Hall–Kier alpha value is -3.86.